The molecule has 2 aliphatic rings. The van der Waals surface area contributed by atoms with Gasteiger partial charge in [0.2, 0.25) is 0 Å². The molecule has 0 saturated heterocycles. The standard InChI is InChI=1S/C5H8N2/c1-7-5-3-2-4(5)6-7/h5H,2-3H2,1H3/t5-/m0/s1. The average Bonchev–Trinajstić information content (AvgIpc) is 1.59. The van der Waals surface area contributed by atoms with Crippen LogP contribution in [0.5, 0.6) is 0 Å². The summed E-state index contributed by atoms with van der Waals surface area (Å²) >= 11 is 0. The lowest BCUT2D eigenvalue weighted by molar-refractivity contribution is 0.215. The van der Waals surface area contributed by atoms with E-state index in [-0.39, 0.29) is 0 Å². The molecular formula is C5H8N2. The molecule has 1 saturated carbocycles. The lowest BCUT2D eigenvalue weighted by Crippen LogP contribution is -2.52. The van der Waals surface area contributed by atoms with Gasteiger partial charge in [0.25, 0.3) is 0 Å². The summed E-state index contributed by atoms with van der Waals surface area (Å²) in [5.74, 6) is 0. The van der Waals surface area contributed by atoms with Crippen molar-refractivity contribution in [3.8, 4) is 0 Å². The van der Waals surface area contributed by atoms with Crippen LogP contribution in [0.2, 0.25) is 0 Å². The van der Waals surface area contributed by atoms with Crippen LogP contribution in [0.25, 0.3) is 0 Å². The third-order valence-corrected chi connectivity index (χ3v) is 1.80. The van der Waals surface area contributed by atoms with Crippen LogP contribution in [0.1, 0.15) is 12.8 Å². The van der Waals surface area contributed by atoms with E-state index in [4.69, 9.17) is 0 Å². The van der Waals surface area contributed by atoms with Crippen molar-refractivity contribution >= 4 is 5.71 Å². The molecule has 2 nitrogen and oxygen atoms in total. The van der Waals surface area contributed by atoms with Gasteiger partial charge in [0, 0.05) is 7.05 Å². The maximum absolute atomic E-state index is 4.14. The SMILES string of the molecule is CN1N=C2CC[C@@H]21. The molecule has 0 aromatic heterocycles. The highest BCUT2D eigenvalue weighted by atomic mass is 15.5. The van der Waals surface area contributed by atoms with Crippen LogP contribution in [0.4, 0.5) is 0 Å². The molecule has 1 atom stereocenters. The molecule has 0 aromatic carbocycles. The molecule has 7 heavy (non-hydrogen) atoms. The van der Waals surface area contributed by atoms with Gasteiger partial charge in [0.15, 0.2) is 0 Å². The van der Waals surface area contributed by atoms with Crippen molar-refractivity contribution < 1.29 is 0 Å². The molecule has 0 bridgehead atoms. The average molecular weight is 96.1 g/mol. The third kappa shape index (κ3) is 0.243. The zero-order chi connectivity index (χ0) is 4.85. The number of nitrogens with zero attached hydrogens (tertiary/aromatic N) is 2. The predicted molar refractivity (Wildman–Crippen MR) is 28.2 cm³/mol. The van der Waals surface area contributed by atoms with E-state index in [2.05, 4.69) is 5.10 Å². The van der Waals surface area contributed by atoms with Crippen LogP contribution < -0.4 is 0 Å². The highest BCUT2D eigenvalue weighted by Gasteiger charge is 2.36. The van der Waals surface area contributed by atoms with E-state index in [9.17, 15) is 0 Å². The molecule has 0 spiro atoms. The van der Waals surface area contributed by atoms with Crippen LogP contribution >= 0.6 is 0 Å². The van der Waals surface area contributed by atoms with E-state index in [1.807, 2.05) is 12.1 Å². The topological polar surface area (TPSA) is 15.6 Å². The van der Waals surface area contributed by atoms with Gasteiger partial charge in [-0.05, 0) is 12.8 Å². The Morgan fingerprint density at radius 3 is 2.71 bits per heavy atom. The Hall–Kier alpha value is -0.530. The molecule has 0 aromatic rings. The van der Waals surface area contributed by atoms with Crippen LogP contribution in [0.15, 0.2) is 5.10 Å². The number of fused-ring (bicyclic) bond motifs is 1. The molecule has 0 radical (unpaired) electrons. The molecule has 38 valence electrons. The van der Waals surface area contributed by atoms with E-state index in [1.54, 1.807) is 0 Å². The Morgan fingerprint density at radius 1 is 1.86 bits per heavy atom. The molecule has 1 aliphatic carbocycles. The first-order chi connectivity index (χ1) is 3.38. The van der Waals surface area contributed by atoms with Crippen molar-refractivity contribution in [3.63, 3.8) is 0 Å². The van der Waals surface area contributed by atoms with Gasteiger partial charge in [-0.25, -0.2) is 0 Å². The van der Waals surface area contributed by atoms with E-state index in [0.717, 1.165) is 6.04 Å². The van der Waals surface area contributed by atoms with Gasteiger partial charge in [0.1, 0.15) is 0 Å². The summed E-state index contributed by atoms with van der Waals surface area (Å²) in [6, 6.07) is 0.764. The molecular weight excluding hydrogens is 88.1 g/mol. The number of hydrogen-bond donors (Lipinski definition) is 0. The first-order valence-corrected chi connectivity index (χ1v) is 2.68. The van der Waals surface area contributed by atoms with E-state index in [1.165, 1.54) is 18.6 Å². The lowest BCUT2D eigenvalue weighted by Gasteiger charge is -2.43. The molecule has 2 heteroatoms. The first-order valence-electron chi connectivity index (χ1n) is 2.68. The fraction of sp³-hybridized carbons (Fsp3) is 0.800. The van der Waals surface area contributed by atoms with Crippen LogP contribution in [-0.4, -0.2) is 23.8 Å². The van der Waals surface area contributed by atoms with Gasteiger partial charge in [-0.1, -0.05) is 0 Å². The van der Waals surface area contributed by atoms with E-state index < -0.39 is 0 Å². The lowest BCUT2D eigenvalue weighted by atomic mass is 9.87. The largest absolute Gasteiger partial charge is 0.291 e. The Bertz CT molecular complexity index is 128. The highest BCUT2D eigenvalue weighted by molar-refractivity contribution is 5.97. The second-order valence-corrected chi connectivity index (χ2v) is 2.22. The number of hydrogen-bond acceptors (Lipinski definition) is 2. The summed E-state index contributed by atoms with van der Waals surface area (Å²) in [7, 11) is 2.04. The van der Waals surface area contributed by atoms with Gasteiger partial charge in [-0.3, -0.25) is 5.01 Å². The molecule has 2 rings (SSSR count). The Balaban J connectivity index is 2.23. The van der Waals surface area contributed by atoms with Gasteiger partial charge in [-0.2, -0.15) is 5.10 Å². The predicted octanol–water partition coefficient (Wildman–Crippen LogP) is 0.450. The summed E-state index contributed by atoms with van der Waals surface area (Å²) in [6.07, 6.45) is 2.60. The third-order valence-electron chi connectivity index (χ3n) is 1.80. The van der Waals surface area contributed by atoms with Crippen molar-refractivity contribution in [1.82, 2.24) is 5.01 Å². The van der Waals surface area contributed by atoms with Crippen LogP contribution in [0, 0.1) is 0 Å². The molecule has 1 fully saturated rings. The van der Waals surface area contributed by atoms with E-state index in [0.29, 0.717) is 0 Å². The molecule has 1 heterocycles. The van der Waals surface area contributed by atoms with Crippen molar-refractivity contribution in [3.05, 3.63) is 0 Å². The van der Waals surface area contributed by atoms with Crippen molar-refractivity contribution in [2.24, 2.45) is 5.10 Å². The number of rotatable bonds is 0. The smallest absolute Gasteiger partial charge is 0.0869 e. The van der Waals surface area contributed by atoms with Crippen molar-refractivity contribution in [1.29, 1.82) is 0 Å². The zero-order valence-electron chi connectivity index (χ0n) is 4.39. The molecule has 0 amide bonds. The normalized spacial score (nSPS) is 35.3. The fourth-order valence-corrected chi connectivity index (χ4v) is 1.14. The first kappa shape index (κ1) is 3.47. The second-order valence-electron chi connectivity index (χ2n) is 2.22. The van der Waals surface area contributed by atoms with Gasteiger partial charge >= 0.3 is 0 Å². The fourth-order valence-electron chi connectivity index (χ4n) is 1.14. The Kier molecular flexibility index (Phi) is 0.412. The zero-order valence-corrected chi connectivity index (χ0v) is 4.39. The quantitative estimate of drug-likeness (QED) is 0.427. The Labute approximate surface area is 42.8 Å². The van der Waals surface area contributed by atoms with Gasteiger partial charge < -0.3 is 0 Å². The minimum absolute atomic E-state index is 0.764. The minimum atomic E-state index is 0.764. The minimum Gasteiger partial charge on any atom is -0.291 e. The summed E-state index contributed by atoms with van der Waals surface area (Å²) in [6.45, 7) is 0. The maximum atomic E-state index is 4.14. The van der Waals surface area contributed by atoms with Crippen LogP contribution in [-0.2, 0) is 0 Å². The molecule has 0 unspecified atom stereocenters. The molecule has 0 N–H and O–H groups in total. The summed E-state index contributed by atoms with van der Waals surface area (Å²) < 4.78 is 0. The monoisotopic (exact) mass is 96.1 g/mol. The van der Waals surface area contributed by atoms with Crippen LogP contribution in [0.3, 0.4) is 0 Å². The highest BCUT2D eigenvalue weighted by Crippen LogP contribution is 2.29. The Morgan fingerprint density at radius 2 is 2.71 bits per heavy atom. The summed E-state index contributed by atoms with van der Waals surface area (Å²) in [5.41, 5.74) is 1.42. The number of hydrazone groups is 1. The second kappa shape index (κ2) is 0.831. The van der Waals surface area contributed by atoms with Gasteiger partial charge in [-0.15, -0.1) is 0 Å². The van der Waals surface area contributed by atoms with E-state index >= 15 is 0 Å². The van der Waals surface area contributed by atoms with Gasteiger partial charge in [0.05, 0.1) is 11.8 Å². The maximum Gasteiger partial charge on any atom is 0.0869 e. The molecule has 1 aliphatic heterocycles. The van der Waals surface area contributed by atoms with Crippen molar-refractivity contribution in [2.45, 2.75) is 18.9 Å². The summed E-state index contributed by atoms with van der Waals surface area (Å²) in [4.78, 5) is 0. The summed E-state index contributed by atoms with van der Waals surface area (Å²) in [5, 5.41) is 6.18. The van der Waals surface area contributed by atoms with Crippen molar-refractivity contribution in [2.75, 3.05) is 7.05 Å².